The Morgan fingerprint density at radius 2 is 1.00 bits per heavy atom. The number of ether oxygens (including phenoxy) is 1. The monoisotopic (exact) mass is 653 g/mol. The van der Waals surface area contributed by atoms with Gasteiger partial charge in [-0.05, 0) is 98.6 Å². The zero-order chi connectivity index (χ0) is 34.1. The van der Waals surface area contributed by atoms with Crippen molar-refractivity contribution >= 4 is 27.4 Å². The summed E-state index contributed by atoms with van der Waals surface area (Å²) in [5.74, 6) is 0.840. The summed E-state index contributed by atoms with van der Waals surface area (Å²) in [6.07, 6.45) is 8.10. The van der Waals surface area contributed by atoms with E-state index in [2.05, 4.69) is 175 Å². The molecule has 7 aromatic carbocycles. The normalized spacial score (nSPS) is 13.9. The molecule has 0 saturated carbocycles. The highest BCUT2D eigenvalue weighted by Gasteiger charge is 2.19. The molecular formula is C49H35NO. The first-order valence-corrected chi connectivity index (χ1v) is 17.4. The molecule has 242 valence electrons. The molecule has 0 aliphatic carbocycles. The van der Waals surface area contributed by atoms with Gasteiger partial charge in [0.1, 0.15) is 6.61 Å². The third-order valence-corrected chi connectivity index (χ3v) is 9.82. The van der Waals surface area contributed by atoms with Crippen LogP contribution in [0, 0.1) is 0 Å². The first-order chi connectivity index (χ1) is 25.2. The van der Waals surface area contributed by atoms with Gasteiger partial charge in [0.2, 0.25) is 0 Å². The molecule has 1 aliphatic heterocycles. The van der Waals surface area contributed by atoms with Crippen LogP contribution in [0.25, 0.3) is 77.6 Å². The van der Waals surface area contributed by atoms with Gasteiger partial charge in [-0.15, -0.1) is 0 Å². The summed E-state index contributed by atoms with van der Waals surface area (Å²) in [6.45, 7) is 4.83. The molecular weight excluding hydrogens is 619 g/mol. The van der Waals surface area contributed by atoms with Crippen molar-refractivity contribution in [3.8, 4) is 55.9 Å². The Morgan fingerprint density at radius 3 is 1.69 bits per heavy atom. The van der Waals surface area contributed by atoms with Crippen molar-refractivity contribution in [1.29, 1.82) is 0 Å². The van der Waals surface area contributed by atoms with E-state index in [1.54, 1.807) is 0 Å². The van der Waals surface area contributed by atoms with Crippen LogP contribution in [0.4, 0.5) is 0 Å². The Bertz CT molecular complexity index is 2650. The maximum absolute atomic E-state index is 6.43. The van der Waals surface area contributed by atoms with Gasteiger partial charge in [0, 0.05) is 16.3 Å². The standard InChI is InChI=1S/C49H35NO/c1-34-14-4-3-9-29-51-49-43(34)24-13-26-48(49)50-46-25-8-7-23-44(46)45-33-42(27-28-47(45)50)41-22-12-21-40(32-41)39-20-11-19-38(31-39)37-18-10-17-36(30-37)35-15-5-2-6-16-35/h2-28,30-33H,1,29H2/b9-3-,14-4-. The number of para-hydroxylation sites is 2. The lowest BCUT2D eigenvalue weighted by atomic mass is 9.94. The third-order valence-electron chi connectivity index (χ3n) is 9.82. The van der Waals surface area contributed by atoms with Gasteiger partial charge in [-0.3, -0.25) is 0 Å². The molecule has 0 atom stereocenters. The summed E-state index contributed by atoms with van der Waals surface area (Å²) in [4.78, 5) is 0. The second-order valence-electron chi connectivity index (χ2n) is 13.0. The van der Waals surface area contributed by atoms with E-state index in [4.69, 9.17) is 4.74 Å². The molecule has 0 saturated heterocycles. The minimum absolute atomic E-state index is 0.488. The number of fused-ring (bicyclic) bond motifs is 4. The minimum atomic E-state index is 0.488. The fourth-order valence-electron chi connectivity index (χ4n) is 7.31. The number of aromatic nitrogens is 1. The average molecular weight is 654 g/mol. The predicted octanol–water partition coefficient (Wildman–Crippen LogP) is 13.0. The van der Waals surface area contributed by atoms with Crippen LogP contribution in [0.2, 0.25) is 0 Å². The molecule has 0 unspecified atom stereocenters. The summed E-state index contributed by atoms with van der Waals surface area (Å²) in [6, 6.07) is 58.9. The molecule has 0 fully saturated rings. The molecule has 0 amide bonds. The Morgan fingerprint density at radius 1 is 0.451 bits per heavy atom. The van der Waals surface area contributed by atoms with Crippen molar-refractivity contribution < 1.29 is 4.74 Å². The van der Waals surface area contributed by atoms with Crippen LogP contribution < -0.4 is 4.74 Å². The van der Waals surface area contributed by atoms with E-state index in [0.717, 1.165) is 33.6 Å². The molecule has 51 heavy (non-hydrogen) atoms. The molecule has 0 bridgehead atoms. The van der Waals surface area contributed by atoms with E-state index in [0.29, 0.717) is 6.61 Å². The second kappa shape index (κ2) is 13.0. The van der Waals surface area contributed by atoms with Gasteiger partial charge in [0.15, 0.2) is 5.75 Å². The summed E-state index contributed by atoms with van der Waals surface area (Å²) < 4.78 is 8.77. The van der Waals surface area contributed by atoms with Crippen LogP contribution in [-0.2, 0) is 0 Å². The zero-order valence-corrected chi connectivity index (χ0v) is 28.2. The summed E-state index contributed by atoms with van der Waals surface area (Å²) in [5.41, 5.74) is 14.8. The molecule has 2 heterocycles. The highest BCUT2D eigenvalue weighted by molar-refractivity contribution is 6.11. The van der Waals surface area contributed by atoms with E-state index < -0.39 is 0 Å². The molecule has 0 radical (unpaired) electrons. The van der Waals surface area contributed by atoms with Crippen LogP contribution in [0.1, 0.15) is 5.56 Å². The van der Waals surface area contributed by atoms with E-state index in [-0.39, 0.29) is 0 Å². The maximum Gasteiger partial charge on any atom is 0.151 e. The van der Waals surface area contributed by atoms with Crippen molar-refractivity contribution in [2.24, 2.45) is 0 Å². The Hall–Kier alpha value is -6.64. The fourth-order valence-corrected chi connectivity index (χ4v) is 7.31. The van der Waals surface area contributed by atoms with E-state index >= 15 is 0 Å². The van der Waals surface area contributed by atoms with Crippen molar-refractivity contribution in [2.75, 3.05) is 6.61 Å². The quantitative estimate of drug-likeness (QED) is 0.180. The molecule has 1 aromatic heterocycles. The van der Waals surface area contributed by atoms with Gasteiger partial charge in [0.05, 0.1) is 16.7 Å². The van der Waals surface area contributed by atoms with Crippen molar-refractivity contribution in [3.63, 3.8) is 0 Å². The number of benzene rings is 7. The lowest BCUT2D eigenvalue weighted by Gasteiger charge is -2.17. The lowest BCUT2D eigenvalue weighted by molar-refractivity contribution is 0.361. The maximum atomic E-state index is 6.43. The van der Waals surface area contributed by atoms with Crippen LogP contribution in [0.3, 0.4) is 0 Å². The first kappa shape index (κ1) is 30.4. The number of hydrogen-bond acceptors (Lipinski definition) is 1. The lowest BCUT2D eigenvalue weighted by Crippen LogP contribution is -2.03. The van der Waals surface area contributed by atoms with Gasteiger partial charge in [-0.25, -0.2) is 0 Å². The van der Waals surface area contributed by atoms with E-state index in [1.165, 1.54) is 55.3 Å². The van der Waals surface area contributed by atoms with Crippen molar-refractivity contribution in [2.45, 2.75) is 0 Å². The highest BCUT2D eigenvalue weighted by atomic mass is 16.5. The molecule has 0 spiro atoms. The topological polar surface area (TPSA) is 14.2 Å². The van der Waals surface area contributed by atoms with Gasteiger partial charge in [-0.2, -0.15) is 0 Å². The highest BCUT2D eigenvalue weighted by Crippen LogP contribution is 2.41. The molecule has 2 nitrogen and oxygen atoms in total. The molecule has 9 rings (SSSR count). The van der Waals surface area contributed by atoms with Crippen LogP contribution >= 0.6 is 0 Å². The fraction of sp³-hybridized carbons (Fsp3) is 0.0204. The number of hydrogen-bond donors (Lipinski definition) is 0. The van der Waals surface area contributed by atoms with Crippen molar-refractivity contribution in [3.05, 3.63) is 200 Å². The minimum Gasteiger partial charge on any atom is -0.487 e. The Kier molecular flexibility index (Phi) is 7.75. The Balaban J connectivity index is 1.11. The van der Waals surface area contributed by atoms with Gasteiger partial charge in [0.25, 0.3) is 0 Å². The summed E-state index contributed by atoms with van der Waals surface area (Å²) in [7, 11) is 0. The zero-order valence-electron chi connectivity index (χ0n) is 28.2. The molecule has 8 aromatic rings. The third kappa shape index (κ3) is 5.67. The summed E-state index contributed by atoms with van der Waals surface area (Å²) >= 11 is 0. The largest absolute Gasteiger partial charge is 0.487 e. The number of nitrogens with zero attached hydrogens (tertiary/aromatic N) is 1. The number of allylic oxidation sites excluding steroid dienone is 4. The van der Waals surface area contributed by atoms with Crippen molar-refractivity contribution in [1.82, 2.24) is 4.57 Å². The van der Waals surface area contributed by atoms with Crippen LogP contribution in [-0.4, -0.2) is 11.2 Å². The smallest absolute Gasteiger partial charge is 0.151 e. The van der Waals surface area contributed by atoms with Crippen LogP contribution in [0.15, 0.2) is 195 Å². The molecule has 0 N–H and O–H groups in total. The molecule has 2 heteroatoms. The van der Waals surface area contributed by atoms with E-state index in [1.807, 2.05) is 24.3 Å². The average Bonchev–Trinajstić information content (AvgIpc) is 3.57. The second-order valence-corrected chi connectivity index (χ2v) is 13.0. The number of rotatable bonds is 5. The van der Waals surface area contributed by atoms with Gasteiger partial charge < -0.3 is 9.30 Å². The van der Waals surface area contributed by atoms with Crippen LogP contribution in [0.5, 0.6) is 5.75 Å². The first-order valence-electron chi connectivity index (χ1n) is 17.4. The van der Waals surface area contributed by atoms with Gasteiger partial charge in [-0.1, -0.05) is 146 Å². The summed E-state index contributed by atoms with van der Waals surface area (Å²) in [5, 5.41) is 2.41. The SMILES string of the molecule is C=C1/C=C\C=C/COc2c1cccc2-n1c2ccccc2c2cc(-c3cccc(-c4cccc(-c5cccc(-c6ccccc6)c5)c4)c3)ccc21. The molecule has 1 aliphatic rings. The Labute approximate surface area is 298 Å². The van der Waals surface area contributed by atoms with E-state index in [9.17, 15) is 0 Å². The predicted molar refractivity (Wildman–Crippen MR) is 215 cm³/mol. The van der Waals surface area contributed by atoms with Gasteiger partial charge >= 0.3 is 0 Å².